The molecule has 7 heteroatoms. The van der Waals surface area contributed by atoms with Crippen molar-refractivity contribution in [2.24, 2.45) is 0 Å². The van der Waals surface area contributed by atoms with Gasteiger partial charge in [0.2, 0.25) is 5.91 Å². The normalized spacial score (nSPS) is 17.6. The number of aliphatic carboxylic acids is 1. The molecule has 1 aliphatic heterocycles. The van der Waals surface area contributed by atoms with Crippen LogP contribution >= 0.6 is 0 Å². The van der Waals surface area contributed by atoms with Gasteiger partial charge in [-0.1, -0.05) is 12.1 Å². The summed E-state index contributed by atoms with van der Waals surface area (Å²) in [5.41, 5.74) is 0.870. The van der Waals surface area contributed by atoms with Crippen LogP contribution in [0.3, 0.4) is 0 Å². The molecular formula is C18H23F2NO4. The molecule has 1 saturated heterocycles. The second-order valence-corrected chi connectivity index (χ2v) is 6.19. The molecule has 1 heterocycles. The summed E-state index contributed by atoms with van der Waals surface area (Å²) in [5, 5.41) is 8.84. The summed E-state index contributed by atoms with van der Waals surface area (Å²) in [6.45, 7) is -2.18. The third-order valence-corrected chi connectivity index (χ3v) is 4.41. The fraction of sp³-hybridized carbons (Fsp3) is 0.556. The predicted octanol–water partition coefficient (Wildman–Crippen LogP) is 3.47. The molecule has 1 unspecified atom stereocenters. The standard InChI is InChI=1S/C18H23F2NO4/c19-18(20)25-15-8-4-13(5-9-15)6-10-16(22)21-12-2-1-3-14(21)7-11-17(23)24/h4-5,8-9,14,18H,1-3,6-7,10-12H2,(H,23,24). The Bertz CT molecular complexity index is 577. The molecule has 0 aliphatic carbocycles. The molecule has 1 aromatic rings. The summed E-state index contributed by atoms with van der Waals surface area (Å²) in [6, 6.07) is 6.26. The third kappa shape index (κ3) is 6.32. The zero-order valence-electron chi connectivity index (χ0n) is 14.0. The van der Waals surface area contributed by atoms with Crippen LogP contribution in [0.25, 0.3) is 0 Å². The lowest BCUT2D eigenvalue weighted by Gasteiger charge is -2.35. The molecule has 1 aromatic carbocycles. The summed E-state index contributed by atoms with van der Waals surface area (Å²) in [5.74, 6) is -0.734. The van der Waals surface area contributed by atoms with Crippen LogP contribution in [0.2, 0.25) is 0 Å². The number of carbonyl (C=O) groups is 2. The Balaban J connectivity index is 1.86. The van der Waals surface area contributed by atoms with Gasteiger partial charge in [0.25, 0.3) is 0 Å². The Hall–Kier alpha value is -2.18. The number of benzene rings is 1. The summed E-state index contributed by atoms with van der Waals surface area (Å²) < 4.78 is 28.5. The molecule has 0 bridgehead atoms. The Labute approximate surface area is 145 Å². The zero-order chi connectivity index (χ0) is 18.2. The van der Waals surface area contributed by atoms with Gasteiger partial charge < -0.3 is 14.7 Å². The van der Waals surface area contributed by atoms with Crippen molar-refractivity contribution in [2.45, 2.75) is 57.6 Å². The predicted molar refractivity (Wildman–Crippen MR) is 87.6 cm³/mol. The lowest BCUT2D eigenvalue weighted by Crippen LogP contribution is -2.44. The molecule has 2 rings (SSSR count). The Morgan fingerprint density at radius 3 is 2.56 bits per heavy atom. The first-order chi connectivity index (χ1) is 12.0. The lowest BCUT2D eigenvalue weighted by molar-refractivity contribution is -0.140. The molecule has 0 aromatic heterocycles. The molecule has 1 N–H and O–H groups in total. The van der Waals surface area contributed by atoms with E-state index < -0.39 is 12.6 Å². The summed E-state index contributed by atoms with van der Waals surface area (Å²) in [6.07, 6.45) is 4.18. The maximum atomic E-state index is 12.5. The molecule has 0 radical (unpaired) electrons. The first kappa shape index (κ1) is 19.1. The van der Waals surface area contributed by atoms with E-state index in [2.05, 4.69) is 4.74 Å². The van der Waals surface area contributed by atoms with E-state index in [0.29, 0.717) is 25.8 Å². The minimum atomic E-state index is -2.85. The first-order valence-electron chi connectivity index (χ1n) is 8.50. The fourth-order valence-electron chi connectivity index (χ4n) is 3.15. The van der Waals surface area contributed by atoms with Gasteiger partial charge in [-0.2, -0.15) is 8.78 Å². The number of nitrogens with zero attached hydrogens (tertiary/aromatic N) is 1. The highest BCUT2D eigenvalue weighted by molar-refractivity contribution is 5.77. The number of carboxylic acid groups (broad SMARTS) is 1. The number of rotatable bonds is 8. The van der Waals surface area contributed by atoms with Gasteiger partial charge in [-0.3, -0.25) is 9.59 Å². The van der Waals surface area contributed by atoms with Gasteiger partial charge in [-0.15, -0.1) is 0 Å². The van der Waals surface area contributed by atoms with Gasteiger partial charge in [0.05, 0.1) is 0 Å². The summed E-state index contributed by atoms with van der Waals surface area (Å²) in [7, 11) is 0. The third-order valence-electron chi connectivity index (χ3n) is 4.41. The van der Waals surface area contributed by atoms with Crippen molar-refractivity contribution in [3.8, 4) is 5.75 Å². The molecule has 1 atom stereocenters. The van der Waals surface area contributed by atoms with E-state index in [0.717, 1.165) is 24.8 Å². The lowest BCUT2D eigenvalue weighted by atomic mass is 9.97. The molecule has 0 saturated carbocycles. The molecule has 1 fully saturated rings. The Kier molecular flexibility index (Phi) is 7.16. The van der Waals surface area contributed by atoms with Crippen molar-refractivity contribution in [3.05, 3.63) is 29.8 Å². The van der Waals surface area contributed by atoms with Crippen molar-refractivity contribution >= 4 is 11.9 Å². The minimum Gasteiger partial charge on any atom is -0.481 e. The van der Waals surface area contributed by atoms with Crippen molar-refractivity contribution in [3.63, 3.8) is 0 Å². The molecule has 1 amide bonds. The number of likely N-dealkylation sites (tertiary alicyclic amines) is 1. The number of halogens is 2. The number of hydrogen-bond acceptors (Lipinski definition) is 3. The van der Waals surface area contributed by atoms with Gasteiger partial charge in [0.15, 0.2) is 0 Å². The van der Waals surface area contributed by atoms with Crippen LogP contribution in [0, 0.1) is 0 Å². The van der Waals surface area contributed by atoms with E-state index in [9.17, 15) is 18.4 Å². The molecule has 5 nitrogen and oxygen atoms in total. The Morgan fingerprint density at radius 1 is 1.20 bits per heavy atom. The number of hydrogen-bond donors (Lipinski definition) is 1. The maximum Gasteiger partial charge on any atom is 0.387 e. The van der Waals surface area contributed by atoms with E-state index in [4.69, 9.17) is 5.11 Å². The van der Waals surface area contributed by atoms with Crippen LogP contribution < -0.4 is 4.74 Å². The van der Waals surface area contributed by atoms with Crippen LogP contribution in [0.4, 0.5) is 8.78 Å². The van der Waals surface area contributed by atoms with Crippen molar-refractivity contribution in [2.75, 3.05) is 6.54 Å². The zero-order valence-corrected chi connectivity index (χ0v) is 14.0. The van der Waals surface area contributed by atoms with Gasteiger partial charge >= 0.3 is 12.6 Å². The number of piperidine rings is 1. The fourth-order valence-corrected chi connectivity index (χ4v) is 3.15. The largest absolute Gasteiger partial charge is 0.481 e. The topological polar surface area (TPSA) is 66.8 Å². The summed E-state index contributed by atoms with van der Waals surface area (Å²) in [4.78, 5) is 25.1. The van der Waals surface area contributed by atoms with Crippen molar-refractivity contribution < 1.29 is 28.2 Å². The monoisotopic (exact) mass is 355 g/mol. The highest BCUT2D eigenvalue weighted by Crippen LogP contribution is 2.22. The molecular weight excluding hydrogens is 332 g/mol. The quantitative estimate of drug-likeness (QED) is 0.775. The molecule has 0 spiro atoms. The van der Waals surface area contributed by atoms with Crippen molar-refractivity contribution in [1.29, 1.82) is 0 Å². The second kappa shape index (κ2) is 9.34. The van der Waals surface area contributed by atoms with E-state index in [1.165, 1.54) is 12.1 Å². The molecule has 25 heavy (non-hydrogen) atoms. The number of aryl methyl sites for hydroxylation is 1. The van der Waals surface area contributed by atoms with E-state index >= 15 is 0 Å². The smallest absolute Gasteiger partial charge is 0.387 e. The van der Waals surface area contributed by atoms with E-state index in [1.54, 1.807) is 17.0 Å². The van der Waals surface area contributed by atoms with E-state index in [-0.39, 0.29) is 24.1 Å². The molecule has 1 aliphatic rings. The number of amides is 1. The van der Waals surface area contributed by atoms with Crippen LogP contribution in [0.5, 0.6) is 5.75 Å². The van der Waals surface area contributed by atoms with Crippen LogP contribution in [0.1, 0.15) is 44.1 Å². The van der Waals surface area contributed by atoms with Crippen LogP contribution in [-0.4, -0.2) is 41.1 Å². The van der Waals surface area contributed by atoms with E-state index in [1.807, 2.05) is 0 Å². The number of ether oxygens (including phenoxy) is 1. The average Bonchev–Trinajstić information content (AvgIpc) is 2.59. The number of alkyl halides is 2. The van der Waals surface area contributed by atoms with Crippen LogP contribution in [-0.2, 0) is 16.0 Å². The number of carboxylic acids is 1. The average molecular weight is 355 g/mol. The van der Waals surface area contributed by atoms with Gasteiger partial charge in [-0.25, -0.2) is 0 Å². The van der Waals surface area contributed by atoms with Crippen molar-refractivity contribution in [1.82, 2.24) is 4.90 Å². The van der Waals surface area contributed by atoms with Gasteiger partial charge in [0, 0.05) is 25.4 Å². The van der Waals surface area contributed by atoms with Crippen LogP contribution in [0.15, 0.2) is 24.3 Å². The van der Waals surface area contributed by atoms with Gasteiger partial charge in [-0.05, 0) is 49.8 Å². The van der Waals surface area contributed by atoms with Gasteiger partial charge in [0.1, 0.15) is 5.75 Å². The number of carbonyl (C=O) groups excluding carboxylic acids is 1. The molecule has 138 valence electrons. The maximum absolute atomic E-state index is 12.5. The highest BCUT2D eigenvalue weighted by Gasteiger charge is 2.26. The summed E-state index contributed by atoms with van der Waals surface area (Å²) >= 11 is 0. The highest BCUT2D eigenvalue weighted by atomic mass is 19.3. The SMILES string of the molecule is O=C(O)CCC1CCCCN1C(=O)CCc1ccc(OC(F)F)cc1. The Morgan fingerprint density at radius 2 is 1.92 bits per heavy atom. The minimum absolute atomic E-state index is 0.000771. The first-order valence-corrected chi connectivity index (χ1v) is 8.50. The second-order valence-electron chi connectivity index (χ2n) is 6.19.